The van der Waals surface area contributed by atoms with E-state index in [4.69, 9.17) is 5.11 Å². The molecule has 0 aromatic heterocycles. The summed E-state index contributed by atoms with van der Waals surface area (Å²) >= 11 is 0. The molecule has 0 aliphatic rings. The largest absolute Gasteiger partial charge is 0.481 e. The van der Waals surface area contributed by atoms with Gasteiger partial charge in [-0.15, -0.1) is 0 Å². The van der Waals surface area contributed by atoms with Gasteiger partial charge in [0.05, 0.1) is 12.2 Å². The molecule has 0 aromatic carbocycles. The van der Waals surface area contributed by atoms with Crippen LogP contribution in [0, 0.1) is 0 Å². The number of nitrogens with one attached hydrogen (secondary N) is 1. The summed E-state index contributed by atoms with van der Waals surface area (Å²) in [5, 5.41) is 8.46. The van der Waals surface area contributed by atoms with Crippen molar-refractivity contribution in [3.8, 4) is 0 Å². The number of sulfonamides is 1. The standard InChI is InChI=1S/C9H16F3NO4S/c1-8(2,4-3-7(14)15)13-18(16,17)6-5-9(10,11)12/h13H,3-6H2,1-2H3,(H,14,15). The first-order valence-corrected chi connectivity index (χ1v) is 6.78. The van der Waals surface area contributed by atoms with Crippen molar-refractivity contribution in [2.75, 3.05) is 5.75 Å². The molecule has 0 atom stereocenters. The topological polar surface area (TPSA) is 83.5 Å². The molecule has 0 spiro atoms. The zero-order valence-electron chi connectivity index (χ0n) is 10.0. The summed E-state index contributed by atoms with van der Waals surface area (Å²) in [5.74, 6) is -2.16. The van der Waals surface area contributed by atoms with Crippen LogP contribution in [-0.4, -0.2) is 37.0 Å². The van der Waals surface area contributed by atoms with Crippen LogP contribution in [0.2, 0.25) is 0 Å². The van der Waals surface area contributed by atoms with Crippen molar-refractivity contribution in [3.05, 3.63) is 0 Å². The molecule has 0 aliphatic heterocycles. The first kappa shape index (κ1) is 17.2. The highest BCUT2D eigenvalue weighted by Crippen LogP contribution is 2.21. The van der Waals surface area contributed by atoms with Crippen LogP contribution in [0.4, 0.5) is 13.2 Å². The molecular weight excluding hydrogens is 275 g/mol. The minimum atomic E-state index is -4.54. The Balaban J connectivity index is 4.42. The Labute approximate surface area is 103 Å². The molecule has 0 saturated carbocycles. The van der Waals surface area contributed by atoms with Crippen molar-refractivity contribution in [2.24, 2.45) is 0 Å². The lowest BCUT2D eigenvalue weighted by Gasteiger charge is -2.25. The number of rotatable bonds is 7. The molecule has 18 heavy (non-hydrogen) atoms. The van der Waals surface area contributed by atoms with E-state index in [0.717, 1.165) is 0 Å². The molecule has 5 nitrogen and oxygen atoms in total. The minimum Gasteiger partial charge on any atom is -0.481 e. The van der Waals surface area contributed by atoms with Crippen LogP contribution in [-0.2, 0) is 14.8 Å². The molecule has 0 saturated heterocycles. The SMILES string of the molecule is CC(C)(CCC(=O)O)NS(=O)(=O)CCC(F)(F)F. The maximum absolute atomic E-state index is 11.9. The number of hydrogen-bond donors (Lipinski definition) is 2. The summed E-state index contributed by atoms with van der Waals surface area (Å²) in [6.07, 6.45) is -6.25. The van der Waals surface area contributed by atoms with Crippen molar-refractivity contribution in [2.45, 2.75) is 44.8 Å². The summed E-state index contributed by atoms with van der Waals surface area (Å²) in [6, 6.07) is 0. The van der Waals surface area contributed by atoms with Gasteiger partial charge in [0.1, 0.15) is 0 Å². The van der Waals surface area contributed by atoms with Crippen LogP contribution in [0.1, 0.15) is 33.1 Å². The predicted molar refractivity (Wildman–Crippen MR) is 58.5 cm³/mol. The second kappa shape index (κ2) is 5.87. The van der Waals surface area contributed by atoms with Crippen LogP contribution < -0.4 is 4.72 Å². The van der Waals surface area contributed by atoms with E-state index in [1.165, 1.54) is 13.8 Å². The lowest BCUT2D eigenvalue weighted by molar-refractivity contribution is -0.137. The van der Waals surface area contributed by atoms with Crippen LogP contribution in [0.25, 0.3) is 0 Å². The van der Waals surface area contributed by atoms with E-state index >= 15 is 0 Å². The van der Waals surface area contributed by atoms with Crippen LogP contribution in [0.15, 0.2) is 0 Å². The van der Waals surface area contributed by atoms with Crippen molar-refractivity contribution < 1.29 is 31.5 Å². The number of aliphatic carboxylic acids is 1. The van der Waals surface area contributed by atoms with Gasteiger partial charge in [-0.05, 0) is 20.3 Å². The second-order valence-electron chi connectivity index (χ2n) is 4.56. The maximum Gasteiger partial charge on any atom is 0.390 e. The van der Waals surface area contributed by atoms with E-state index in [-0.39, 0.29) is 12.8 Å². The van der Waals surface area contributed by atoms with Crippen molar-refractivity contribution in [1.82, 2.24) is 4.72 Å². The second-order valence-corrected chi connectivity index (χ2v) is 6.41. The number of halogens is 3. The highest BCUT2D eigenvalue weighted by molar-refractivity contribution is 7.89. The Bertz CT molecular complexity index is 389. The highest BCUT2D eigenvalue weighted by Gasteiger charge is 2.32. The van der Waals surface area contributed by atoms with Crippen molar-refractivity contribution in [1.29, 1.82) is 0 Å². The third kappa shape index (κ3) is 9.23. The molecule has 108 valence electrons. The van der Waals surface area contributed by atoms with E-state index in [1.54, 1.807) is 0 Å². The molecule has 0 aliphatic carbocycles. The molecule has 0 fully saturated rings. The lowest BCUT2D eigenvalue weighted by atomic mass is 10.0. The minimum absolute atomic E-state index is 0.00637. The highest BCUT2D eigenvalue weighted by atomic mass is 32.2. The zero-order valence-corrected chi connectivity index (χ0v) is 10.9. The summed E-state index contributed by atoms with van der Waals surface area (Å²) < 4.78 is 60.5. The first-order chi connectivity index (χ1) is 7.83. The van der Waals surface area contributed by atoms with E-state index in [1.807, 2.05) is 0 Å². The number of carbonyl (C=O) groups is 1. The quantitative estimate of drug-likeness (QED) is 0.744. The average molecular weight is 291 g/mol. The van der Waals surface area contributed by atoms with E-state index in [2.05, 4.69) is 4.72 Å². The fraction of sp³-hybridized carbons (Fsp3) is 0.889. The number of alkyl halides is 3. The Morgan fingerprint density at radius 3 is 2.11 bits per heavy atom. The van der Waals surface area contributed by atoms with Gasteiger partial charge < -0.3 is 5.11 Å². The smallest absolute Gasteiger partial charge is 0.390 e. The molecule has 0 unspecified atom stereocenters. The monoisotopic (exact) mass is 291 g/mol. The Hall–Kier alpha value is -0.830. The molecule has 0 bridgehead atoms. The van der Waals surface area contributed by atoms with Crippen molar-refractivity contribution >= 4 is 16.0 Å². The molecule has 0 radical (unpaired) electrons. The van der Waals surface area contributed by atoms with Gasteiger partial charge >= 0.3 is 12.1 Å². The lowest BCUT2D eigenvalue weighted by Crippen LogP contribution is -2.45. The Kier molecular flexibility index (Phi) is 5.60. The van der Waals surface area contributed by atoms with Crippen LogP contribution >= 0.6 is 0 Å². The van der Waals surface area contributed by atoms with Gasteiger partial charge in [-0.1, -0.05) is 0 Å². The summed E-state index contributed by atoms with van der Waals surface area (Å²) in [6.45, 7) is 2.84. The van der Waals surface area contributed by atoms with Gasteiger partial charge in [0.2, 0.25) is 10.0 Å². The predicted octanol–water partition coefficient (Wildman–Crippen LogP) is 1.50. The molecular formula is C9H16F3NO4S. The Morgan fingerprint density at radius 2 is 1.72 bits per heavy atom. The fourth-order valence-corrected chi connectivity index (χ4v) is 2.74. The van der Waals surface area contributed by atoms with Gasteiger partial charge in [-0.2, -0.15) is 13.2 Å². The normalized spacial score (nSPS) is 13.6. The molecule has 0 amide bonds. The molecule has 0 heterocycles. The van der Waals surface area contributed by atoms with Gasteiger partial charge in [-0.25, -0.2) is 13.1 Å². The first-order valence-electron chi connectivity index (χ1n) is 5.13. The maximum atomic E-state index is 11.9. The third-order valence-corrected chi connectivity index (χ3v) is 3.66. The third-order valence-electron chi connectivity index (χ3n) is 2.05. The Morgan fingerprint density at radius 1 is 1.22 bits per heavy atom. The summed E-state index contributed by atoms with van der Waals surface area (Å²) in [4.78, 5) is 10.3. The fourth-order valence-electron chi connectivity index (χ4n) is 1.19. The van der Waals surface area contributed by atoms with Gasteiger partial charge in [0.25, 0.3) is 0 Å². The van der Waals surface area contributed by atoms with Crippen LogP contribution in [0.3, 0.4) is 0 Å². The number of carboxylic acids is 1. The molecule has 0 aromatic rings. The summed E-state index contributed by atoms with van der Waals surface area (Å²) in [5.41, 5.74) is -1.09. The molecule has 0 rings (SSSR count). The zero-order chi connectivity index (χ0) is 14.6. The number of hydrogen-bond acceptors (Lipinski definition) is 3. The van der Waals surface area contributed by atoms with Crippen LogP contribution in [0.5, 0.6) is 0 Å². The van der Waals surface area contributed by atoms with E-state index in [0.29, 0.717) is 0 Å². The van der Waals surface area contributed by atoms with Crippen molar-refractivity contribution in [3.63, 3.8) is 0 Å². The summed E-state index contributed by atoms with van der Waals surface area (Å²) in [7, 11) is -4.08. The van der Waals surface area contributed by atoms with E-state index in [9.17, 15) is 26.4 Å². The van der Waals surface area contributed by atoms with Gasteiger partial charge in [0.15, 0.2) is 0 Å². The molecule has 2 N–H and O–H groups in total. The average Bonchev–Trinajstić information content (AvgIpc) is 2.09. The van der Waals surface area contributed by atoms with Gasteiger partial charge in [0, 0.05) is 12.0 Å². The number of carboxylic acid groups (broad SMARTS) is 1. The van der Waals surface area contributed by atoms with E-state index < -0.39 is 39.9 Å². The van der Waals surface area contributed by atoms with Gasteiger partial charge in [-0.3, -0.25) is 4.79 Å². The molecule has 9 heteroatoms.